The van der Waals surface area contributed by atoms with Gasteiger partial charge in [0.1, 0.15) is 40.1 Å². The van der Waals surface area contributed by atoms with E-state index in [9.17, 15) is 19.2 Å². The Morgan fingerprint density at radius 3 is 2.14 bits per heavy atom. The Balaban J connectivity index is 1.36. The zero-order chi connectivity index (χ0) is 36.2. The number of aryl methyl sites for hydroxylation is 1. The molecule has 1 aromatic heterocycles. The number of benzene rings is 3. The van der Waals surface area contributed by atoms with E-state index in [1.807, 2.05) is 0 Å². The average molecular weight is 688 g/mol. The van der Waals surface area contributed by atoms with Crippen LogP contribution in [0.25, 0.3) is 22.1 Å². The summed E-state index contributed by atoms with van der Waals surface area (Å²) in [6, 6.07) is 15.0. The summed E-state index contributed by atoms with van der Waals surface area (Å²) in [5, 5.41) is 2.87. The molecule has 5 rings (SSSR count). The highest BCUT2D eigenvalue weighted by molar-refractivity contribution is 5.87. The lowest BCUT2D eigenvalue weighted by Crippen LogP contribution is -2.46. The van der Waals surface area contributed by atoms with Gasteiger partial charge < -0.3 is 38.2 Å². The first-order valence-corrected chi connectivity index (χ1v) is 16.2. The van der Waals surface area contributed by atoms with Crippen LogP contribution in [0.5, 0.6) is 23.0 Å². The van der Waals surface area contributed by atoms with Crippen LogP contribution < -0.4 is 29.7 Å². The van der Waals surface area contributed by atoms with Crippen LogP contribution in [0.2, 0.25) is 0 Å². The number of carbonyl (C=O) groups excluding carboxylic acids is 3. The van der Waals surface area contributed by atoms with Gasteiger partial charge in [-0.25, -0.2) is 14.4 Å². The van der Waals surface area contributed by atoms with E-state index in [1.54, 1.807) is 90.9 Å². The largest absolute Gasteiger partial charge is 0.514 e. The van der Waals surface area contributed by atoms with E-state index >= 15 is 0 Å². The molecular weight excluding hydrogens is 646 g/mol. The Kier molecular flexibility index (Phi) is 10.4. The van der Waals surface area contributed by atoms with E-state index < -0.39 is 35.5 Å². The lowest BCUT2D eigenvalue weighted by atomic mass is 10.0. The van der Waals surface area contributed by atoms with Gasteiger partial charge in [0.15, 0.2) is 11.5 Å². The summed E-state index contributed by atoms with van der Waals surface area (Å²) >= 11 is 0. The standard InChI is InChI=1S/C38H41NO11/c1-22-32(24-11-16-29-31(20-24)45-18-8-17-44-29)33(40)27-15-14-26(21-30(27)46-22)47-34(41)28(39-35(42)49-37(2,3)4)19-23-9-12-25(13-10-23)48-36(43)50-38(5,6)7/h9-16,20-21,28H,8,17-19H2,1-7H3,(H,39,42)/t28-/m1/s1. The van der Waals surface area contributed by atoms with E-state index in [1.165, 1.54) is 18.2 Å². The van der Waals surface area contributed by atoms with Crippen molar-refractivity contribution in [1.29, 1.82) is 0 Å². The molecule has 3 aromatic carbocycles. The van der Waals surface area contributed by atoms with Gasteiger partial charge in [0.2, 0.25) is 5.43 Å². The molecule has 1 aliphatic rings. The molecule has 1 amide bonds. The SMILES string of the molecule is Cc1oc2cc(OC(=O)[C@@H](Cc3ccc(OC(=O)OC(C)(C)C)cc3)NC(=O)OC(C)(C)C)ccc2c(=O)c1-c1ccc2c(c1)OCCCO2. The van der Waals surface area contributed by atoms with E-state index in [0.717, 1.165) is 6.42 Å². The number of rotatable bonds is 7. The molecule has 0 radical (unpaired) electrons. The second-order valence-corrected chi connectivity index (χ2v) is 13.8. The highest BCUT2D eigenvalue weighted by atomic mass is 16.7. The maximum atomic E-state index is 13.7. The van der Waals surface area contributed by atoms with Crippen molar-refractivity contribution in [1.82, 2.24) is 5.32 Å². The van der Waals surface area contributed by atoms with E-state index in [0.29, 0.717) is 47.2 Å². The van der Waals surface area contributed by atoms with Crippen molar-refractivity contribution < 1.29 is 47.2 Å². The minimum absolute atomic E-state index is 0.0193. The molecule has 12 heteroatoms. The molecule has 0 aliphatic carbocycles. The predicted molar refractivity (Wildman–Crippen MR) is 184 cm³/mol. The summed E-state index contributed by atoms with van der Waals surface area (Å²) in [6.07, 6.45) is -0.890. The lowest BCUT2D eigenvalue weighted by Gasteiger charge is -2.23. The third-order valence-electron chi connectivity index (χ3n) is 7.22. The molecular formula is C38H41NO11. The number of esters is 1. The molecule has 0 unspecified atom stereocenters. The van der Waals surface area contributed by atoms with Crippen LogP contribution in [-0.4, -0.2) is 48.7 Å². The Bertz CT molecular complexity index is 1950. The number of fused-ring (bicyclic) bond motifs is 2. The molecule has 0 saturated carbocycles. The summed E-state index contributed by atoms with van der Waals surface area (Å²) in [5.41, 5.74) is 0.0456. The number of hydrogen-bond donors (Lipinski definition) is 1. The highest BCUT2D eigenvalue weighted by Crippen LogP contribution is 2.35. The van der Waals surface area contributed by atoms with Gasteiger partial charge in [-0.1, -0.05) is 18.2 Å². The molecule has 12 nitrogen and oxygen atoms in total. The van der Waals surface area contributed by atoms with E-state index in [2.05, 4.69) is 5.32 Å². The Morgan fingerprint density at radius 2 is 1.46 bits per heavy atom. The van der Waals surface area contributed by atoms with Crippen LogP contribution in [0.15, 0.2) is 69.9 Å². The van der Waals surface area contributed by atoms with Crippen LogP contribution in [0, 0.1) is 6.92 Å². The smallest absolute Gasteiger partial charge is 0.490 e. The number of alkyl carbamates (subject to hydrolysis) is 1. The van der Waals surface area contributed by atoms with Gasteiger partial charge in [0.25, 0.3) is 0 Å². The molecule has 4 aromatic rings. The van der Waals surface area contributed by atoms with Crippen molar-refractivity contribution in [2.24, 2.45) is 0 Å². The molecule has 264 valence electrons. The number of ether oxygens (including phenoxy) is 6. The monoisotopic (exact) mass is 687 g/mol. The minimum Gasteiger partial charge on any atom is -0.490 e. The van der Waals surface area contributed by atoms with Crippen LogP contribution in [0.4, 0.5) is 9.59 Å². The molecule has 0 bridgehead atoms. The topological polar surface area (TPSA) is 149 Å². The summed E-state index contributed by atoms with van der Waals surface area (Å²) in [6.45, 7) is 13.0. The van der Waals surface area contributed by atoms with Gasteiger partial charge in [-0.15, -0.1) is 0 Å². The minimum atomic E-state index is -1.17. The van der Waals surface area contributed by atoms with Crippen molar-refractivity contribution in [2.45, 2.75) is 78.6 Å². The molecule has 0 saturated heterocycles. The third-order valence-corrected chi connectivity index (χ3v) is 7.22. The lowest BCUT2D eigenvalue weighted by molar-refractivity contribution is -0.136. The number of hydrogen-bond acceptors (Lipinski definition) is 11. The first-order valence-electron chi connectivity index (χ1n) is 16.2. The average Bonchev–Trinajstić information content (AvgIpc) is 3.25. The summed E-state index contributed by atoms with van der Waals surface area (Å²) in [5.74, 6) is 1.09. The van der Waals surface area contributed by atoms with Gasteiger partial charge >= 0.3 is 18.2 Å². The predicted octanol–water partition coefficient (Wildman–Crippen LogP) is 7.29. The molecule has 1 N–H and O–H groups in total. The van der Waals surface area contributed by atoms with Crippen molar-refractivity contribution in [3.05, 3.63) is 82.2 Å². The normalized spacial score (nSPS) is 13.5. The zero-order valence-corrected chi connectivity index (χ0v) is 29.2. The molecule has 1 aliphatic heterocycles. The Hall–Kier alpha value is -5.52. The fourth-order valence-electron chi connectivity index (χ4n) is 5.13. The van der Waals surface area contributed by atoms with Crippen LogP contribution in [0.3, 0.4) is 0 Å². The van der Waals surface area contributed by atoms with Crippen LogP contribution >= 0.6 is 0 Å². The second kappa shape index (κ2) is 14.5. The number of carbonyl (C=O) groups is 3. The van der Waals surface area contributed by atoms with Gasteiger partial charge in [0.05, 0.1) is 24.2 Å². The highest BCUT2D eigenvalue weighted by Gasteiger charge is 2.27. The van der Waals surface area contributed by atoms with Gasteiger partial charge in [-0.05, 0) is 96.0 Å². The molecule has 0 spiro atoms. The second-order valence-electron chi connectivity index (χ2n) is 13.8. The van der Waals surface area contributed by atoms with Gasteiger partial charge in [-0.3, -0.25) is 4.79 Å². The van der Waals surface area contributed by atoms with Gasteiger partial charge in [-0.2, -0.15) is 0 Å². The Labute approximate surface area is 289 Å². The number of nitrogens with one attached hydrogen (secondary N) is 1. The van der Waals surface area contributed by atoms with Crippen molar-refractivity contribution >= 4 is 29.2 Å². The van der Waals surface area contributed by atoms with E-state index in [-0.39, 0.29) is 34.3 Å². The quantitative estimate of drug-likeness (QED) is 0.119. The zero-order valence-electron chi connectivity index (χ0n) is 29.2. The molecule has 2 heterocycles. The van der Waals surface area contributed by atoms with Crippen molar-refractivity contribution in [2.75, 3.05) is 13.2 Å². The van der Waals surface area contributed by atoms with Crippen LogP contribution in [0.1, 0.15) is 59.3 Å². The molecule has 1 atom stereocenters. The first-order chi connectivity index (χ1) is 23.5. The maximum Gasteiger partial charge on any atom is 0.514 e. The van der Waals surface area contributed by atoms with Crippen molar-refractivity contribution in [3.63, 3.8) is 0 Å². The maximum absolute atomic E-state index is 13.7. The summed E-state index contributed by atoms with van der Waals surface area (Å²) in [4.78, 5) is 52.0. The van der Waals surface area contributed by atoms with Gasteiger partial charge in [0, 0.05) is 18.9 Å². The Morgan fingerprint density at radius 1 is 0.800 bits per heavy atom. The first kappa shape index (κ1) is 35.8. The summed E-state index contributed by atoms with van der Waals surface area (Å²) < 4.78 is 39.1. The fraction of sp³-hybridized carbons (Fsp3) is 0.368. The van der Waals surface area contributed by atoms with E-state index in [4.69, 9.17) is 32.8 Å². The third kappa shape index (κ3) is 9.34. The van der Waals surface area contributed by atoms with Crippen molar-refractivity contribution in [3.8, 4) is 34.1 Å². The van der Waals surface area contributed by atoms with Crippen LogP contribution in [-0.2, 0) is 20.7 Å². The number of amides is 1. The molecule has 50 heavy (non-hydrogen) atoms. The molecule has 0 fully saturated rings. The summed E-state index contributed by atoms with van der Waals surface area (Å²) in [7, 11) is 0. The fourth-order valence-corrected chi connectivity index (χ4v) is 5.13.